The number of urea groups is 1. The predicted octanol–water partition coefficient (Wildman–Crippen LogP) is 1.74. The summed E-state index contributed by atoms with van der Waals surface area (Å²) >= 11 is 0. The number of rotatable bonds is 12. The minimum atomic E-state index is -3.73. The van der Waals surface area contributed by atoms with Crippen LogP contribution in [-0.2, 0) is 25.8 Å². The normalized spacial score (nSPS) is 14.9. The van der Waals surface area contributed by atoms with Crippen LogP contribution >= 0.6 is 17.0 Å². The lowest BCUT2D eigenvalue weighted by atomic mass is 10.0. The van der Waals surface area contributed by atoms with E-state index in [-0.39, 0.29) is 40.3 Å². The van der Waals surface area contributed by atoms with Crippen molar-refractivity contribution in [2.45, 2.75) is 36.2 Å². The van der Waals surface area contributed by atoms with E-state index in [1.807, 2.05) is 30.3 Å². The molecule has 0 bridgehead atoms. The first-order chi connectivity index (χ1) is 18.7. The van der Waals surface area contributed by atoms with Gasteiger partial charge in [0.15, 0.2) is 15.8 Å². The maximum Gasteiger partial charge on any atom is 0.318 e. The second-order valence-corrected chi connectivity index (χ2v) is 10.9. The first-order valence-electron chi connectivity index (χ1n) is 12.8. The fourth-order valence-corrected chi connectivity index (χ4v) is 5.06. The van der Waals surface area contributed by atoms with Crippen molar-refractivity contribution in [3.63, 3.8) is 0 Å². The molecule has 0 saturated carbocycles. The lowest BCUT2D eigenvalue weighted by Gasteiger charge is -2.29. The lowest BCUT2D eigenvalue weighted by Crippen LogP contribution is -2.55. The van der Waals surface area contributed by atoms with Crippen molar-refractivity contribution in [1.82, 2.24) is 15.5 Å². The van der Waals surface area contributed by atoms with Crippen molar-refractivity contribution in [2.24, 2.45) is 16.5 Å². The Bertz CT molecular complexity index is 1230. The number of nitrogens with one attached hydrogen (secondary N) is 2. The Morgan fingerprint density at radius 1 is 1.00 bits per heavy atom. The van der Waals surface area contributed by atoms with Crippen LogP contribution in [0.25, 0.3) is 0 Å². The molecule has 0 radical (unpaired) electrons. The van der Waals surface area contributed by atoms with Crippen LogP contribution in [0, 0.1) is 0 Å². The molecule has 218 valence electrons. The zero-order valence-electron chi connectivity index (χ0n) is 22.1. The van der Waals surface area contributed by atoms with Gasteiger partial charge in [-0.05, 0) is 30.5 Å². The number of halogens is 1. The van der Waals surface area contributed by atoms with Gasteiger partial charge in [-0.25, -0.2) is 13.2 Å². The van der Waals surface area contributed by atoms with Crippen molar-refractivity contribution in [1.29, 1.82) is 0 Å². The third-order valence-corrected chi connectivity index (χ3v) is 7.50. The maximum absolute atomic E-state index is 13.5. The predicted molar refractivity (Wildman–Crippen MR) is 160 cm³/mol. The van der Waals surface area contributed by atoms with E-state index in [1.165, 1.54) is 18.2 Å². The Kier molecular flexibility index (Phi) is 13.6. The summed E-state index contributed by atoms with van der Waals surface area (Å²) in [5, 5.41) is 6.83. The summed E-state index contributed by atoms with van der Waals surface area (Å²) in [6, 6.07) is 15.5. The first-order valence-corrected chi connectivity index (χ1v) is 14.3. The average Bonchev–Trinajstić information content (AvgIpc) is 2.94. The molecule has 13 heteroatoms. The number of carbonyl (C=O) groups excluding carboxylic acids is 2. The van der Waals surface area contributed by atoms with Crippen molar-refractivity contribution in [3.05, 3.63) is 77.7 Å². The number of hydrogen-bond acceptors (Lipinski definition) is 6. The largest absolute Gasteiger partial charge is 0.378 e. The number of ether oxygens (including phenoxy) is 1. The molecule has 1 aliphatic heterocycles. The smallest absolute Gasteiger partial charge is 0.318 e. The Labute approximate surface area is 245 Å². The van der Waals surface area contributed by atoms with E-state index in [4.69, 9.17) is 16.2 Å². The second-order valence-electron chi connectivity index (χ2n) is 9.04. The highest BCUT2D eigenvalue weighted by Gasteiger charge is 2.26. The molecule has 2 aromatic carbocycles. The van der Waals surface area contributed by atoms with E-state index in [0.29, 0.717) is 45.7 Å². The minimum absolute atomic E-state index is 0. The summed E-state index contributed by atoms with van der Waals surface area (Å²) in [6.07, 6.45) is 2.56. The summed E-state index contributed by atoms with van der Waals surface area (Å²) < 4.78 is 30.9. The van der Waals surface area contributed by atoms with Crippen LogP contribution in [0.4, 0.5) is 4.79 Å². The number of benzene rings is 2. The summed E-state index contributed by atoms with van der Waals surface area (Å²) in [5.41, 5.74) is 11.7. The molecule has 0 spiro atoms. The monoisotopic (exact) mass is 636 g/mol. The molecular formula is C27H37BrN6O5S. The van der Waals surface area contributed by atoms with E-state index < -0.39 is 27.8 Å². The molecule has 1 aliphatic rings. The summed E-state index contributed by atoms with van der Waals surface area (Å²) in [5.74, 6) is -0.486. The van der Waals surface area contributed by atoms with Gasteiger partial charge in [0, 0.05) is 37.5 Å². The highest BCUT2D eigenvalue weighted by Crippen LogP contribution is 2.13. The fourth-order valence-electron chi connectivity index (χ4n) is 3.97. The Hall–Kier alpha value is -3.42. The second kappa shape index (κ2) is 16.6. The SMILES string of the molecule is Br.NC(N)=NCCC[C@@H](/C=C/S(=O)(=O)c1ccccc1)NC(=O)[C@H](Cc1ccccc1)NC(=O)N1CCOCC1. The topological polar surface area (TPSA) is 169 Å². The molecule has 0 aromatic heterocycles. The number of amides is 3. The third-order valence-electron chi connectivity index (χ3n) is 6.05. The van der Waals surface area contributed by atoms with Crippen molar-refractivity contribution < 1.29 is 22.7 Å². The van der Waals surface area contributed by atoms with Gasteiger partial charge in [0.05, 0.1) is 18.1 Å². The summed E-state index contributed by atoms with van der Waals surface area (Å²) in [6.45, 7) is 2.04. The van der Waals surface area contributed by atoms with Gasteiger partial charge in [-0.1, -0.05) is 54.6 Å². The molecule has 11 nitrogen and oxygen atoms in total. The molecule has 0 unspecified atom stereocenters. The molecule has 1 heterocycles. The third kappa shape index (κ3) is 11.0. The van der Waals surface area contributed by atoms with Crippen LogP contribution in [-0.4, -0.2) is 76.1 Å². The number of carbonyl (C=O) groups is 2. The number of nitrogens with two attached hydrogens (primary N) is 2. The van der Waals surface area contributed by atoms with Crippen LogP contribution in [0.2, 0.25) is 0 Å². The fraction of sp³-hybridized carbons (Fsp3) is 0.370. The van der Waals surface area contributed by atoms with Crippen molar-refractivity contribution in [3.8, 4) is 0 Å². The highest BCUT2D eigenvalue weighted by molar-refractivity contribution is 8.93. The molecule has 1 fully saturated rings. The van der Waals surface area contributed by atoms with Gasteiger partial charge in [-0.3, -0.25) is 9.79 Å². The molecule has 1 saturated heterocycles. The standard InChI is InChI=1S/C27H36N6O5S.BrH/c28-26(29)30-14-7-10-22(13-19-39(36,37)23-11-5-2-6-12-23)31-25(34)24(20-21-8-3-1-4-9-21)32-27(35)33-15-17-38-18-16-33;/h1-6,8-9,11-13,19,22,24H,7,10,14-18,20H2,(H,31,34)(H,32,35)(H4,28,29,30);1H/b19-13+;/t22-,24-;/m0./s1. The number of nitrogens with zero attached hydrogens (tertiary/aromatic N) is 2. The Morgan fingerprint density at radius 2 is 1.62 bits per heavy atom. The van der Waals surface area contributed by atoms with E-state index in [1.54, 1.807) is 23.1 Å². The average molecular weight is 638 g/mol. The van der Waals surface area contributed by atoms with E-state index in [0.717, 1.165) is 11.0 Å². The van der Waals surface area contributed by atoms with Gasteiger partial charge in [0.1, 0.15) is 6.04 Å². The zero-order chi connectivity index (χ0) is 28.1. The van der Waals surface area contributed by atoms with Crippen LogP contribution in [0.1, 0.15) is 18.4 Å². The van der Waals surface area contributed by atoms with Crippen LogP contribution in [0.5, 0.6) is 0 Å². The molecule has 6 N–H and O–H groups in total. The summed E-state index contributed by atoms with van der Waals surface area (Å²) in [4.78, 5) is 32.1. The van der Waals surface area contributed by atoms with E-state index >= 15 is 0 Å². The zero-order valence-corrected chi connectivity index (χ0v) is 24.7. The number of aliphatic imine (C=N–C) groups is 1. The molecule has 0 aliphatic carbocycles. The van der Waals surface area contributed by atoms with Crippen molar-refractivity contribution >= 4 is 44.7 Å². The first kappa shape index (κ1) is 32.8. The molecule has 3 amide bonds. The van der Waals surface area contributed by atoms with Crippen molar-refractivity contribution in [2.75, 3.05) is 32.8 Å². The van der Waals surface area contributed by atoms with Gasteiger partial charge in [-0.15, -0.1) is 17.0 Å². The highest BCUT2D eigenvalue weighted by atomic mass is 79.9. The van der Waals surface area contributed by atoms with Gasteiger partial charge in [0.25, 0.3) is 0 Å². The Balaban J connectivity index is 0.00000560. The molecule has 3 rings (SSSR count). The number of morpholine rings is 1. The number of hydrogen-bond donors (Lipinski definition) is 4. The van der Waals surface area contributed by atoms with E-state index in [9.17, 15) is 18.0 Å². The molecule has 40 heavy (non-hydrogen) atoms. The van der Waals surface area contributed by atoms with Gasteiger partial charge < -0.3 is 31.7 Å². The van der Waals surface area contributed by atoms with E-state index in [2.05, 4.69) is 15.6 Å². The van der Waals surface area contributed by atoms with Crippen LogP contribution < -0.4 is 22.1 Å². The van der Waals surface area contributed by atoms with Crippen LogP contribution in [0.3, 0.4) is 0 Å². The number of guanidine groups is 1. The van der Waals surface area contributed by atoms with Gasteiger partial charge >= 0.3 is 6.03 Å². The number of sulfone groups is 1. The van der Waals surface area contributed by atoms with Crippen LogP contribution in [0.15, 0.2) is 82.0 Å². The van der Waals surface area contributed by atoms with Gasteiger partial charge in [0.2, 0.25) is 5.91 Å². The minimum Gasteiger partial charge on any atom is -0.378 e. The lowest BCUT2D eigenvalue weighted by molar-refractivity contribution is -0.123. The molecule has 2 atom stereocenters. The molecular weight excluding hydrogens is 600 g/mol. The maximum atomic E-state index is 13.5. The Morgan fingerprint density at radius 3 is 2.25 bits per heavy atom. The van der Waals surface area contributed by atoms with Gasteiger partial charge in [-0.2, -0.15) is 0 Å². The molecule has 2 aromatic rings. The summed E-state index contributed by atoms with van der Waals surface area (Å²) in [7, 11) is -3.73. The quantitative estimate of drug-likeness (QED) is 0.156.